The van der Waals surface area contributed by atoms with Crippen molar-refractivity contribution in [3.63, 3.8) is 0 Å². The minimum absolute atomic E-state index is 0.0303. The Morgan fingerprint density at radius 1 is 1.13 bits per heavy atom. The quantitative estimate of drug-likeness (QED) is 0.722. The second kappa shape index (κ2) is 9.23. The maximum Gasteiger partial charge on any atom is 0.308 e. The molecule has 0 spiro atoms. The van der Waals surface area contributed by atoms with Gasteiger partial charge in [0.25, 0.3) is 0 Å². The largest absolute Gasteiger partial charge is 0.466 e. The zero-order valence-corrected chi connectivity index (χ0v) is 14.1. The lowest BCUT2D eigenvalue weighted by Gasteiger charge is -2.37. The zero-order chi connectivity index (χ0) is 16.5. The predicted octanol–water partition coefficient (Wildman–Crippen LogP) is 1.81. The summed E-state index contributed by atoms with van der Waals surface area (Å²) >= 11 is 0. The third-order valence-electron chi connectivity index (χ3n) is 4.76. The van der Waals surface area contributed by atoms with E-state index in [2.05, 4.69) is 5.32 Å². The van der Waals surface area contributed by atoms with Gasteiger partial charge in [0.2, 0.25) is 5.91 Å². The summed E-state index contributed by atoms with van der Waals surface area (Å²) in [5.74, 6) is 0.354. The summed E-state index contributed by atoms with van der Waals surface area (Å²) < 4.78 is 15.8. The number of ether oxygens (including phenoxy) is 3. The molecule has 2 fully saturated rings. The van der Waals surface area contributed by atoms with Gasteiger partial charge in [0, 0.05) is 32.8 Å². The fourth-order valence-electron chi connectivity index (χ4n) is 3.32. The van der Waals surface area contributed by atoms with Crippen molar-refractivity contribution >= 4 is 11.9 Å². The average molecular weight is 327 g/mol. The molecule has 0 saturated carbocycles. The van der Waals surface area contributed by atoms with Gasteiger partial charge < -0.3 is 19.5 Å². The van der Waals surface area contributed by atoms with E-state index >= 15 is 0 Å². The fourth-order valence-corrected chi connectivity index (χ4v) is 3.32. The Hall–Kier alpha value is -1.14. The monoisotopic (exact) mass is 327 g/mol. The first-order valence-electron chi connectivity index (χ1n) is 8.76. The van der Waals surface area contributed by atoms with Crippen molar-refractivity contribution in [1.29, 1.82) is 0 Å². The first kappa shape index (κ1) is 18.2. The number of carbonyl (C=O) groups excluding carboxylic acids is 2. The maximum absolute atomic E-state index is 12.4. The van der Waals surface area contributed by atoms with Crippen molar-refractivity contribution in [3.8, 4) is 0 Å². The number of carbonyl (C=O) groups is 2. The van der Waals surface area contributed by atoms with Gasteiger partial charge in [-0.05, 0) is 44.9 Å². The number of nitrogens with one attached hydrogen (secondary N) is 1. The molecular weight excluding hydrogens is 298 g/mol. The number of hydrogen-bond donors (Lipinski definition) is 1. The van der Waals surface area contributed by atoms with E-state index in [1.165, 1.54) is 0 Å². The fraction of sp³-hybridized carbons (Fsp3) is 0.882. The van der Waals surface area contributed by atoms with E-state index in [-0.39, 0.29) is 18.3 Å². The van der Waals surface area contributed by atoms with Crippen LogP contribution in [0.15, 0.2) is 0 Å². The minimum Gasteiger partial charge on any atom is -0.466 e. The molecule has 1 amide bonds. The van der Waals surface area contributed by atoms with Crippen LogP contribution in [0.25, 0.3) is 0 Å². The third-order valence-corrected chi connectivity index (χ3v) is 4.76. The highest BCUT2D eigenvalue weighted by molar-refractivity contribution is 5.78. The molecule has 6 nitrogen and oxygen atoms in total. The van der Waals surface area contributed by atoms with Crippen LogP contribution in [0, 0.1) is 5.92 Å². The number of hydrogen-bond acceptors (Lipinski definition) is 5. The van der Waals surface area contributed by atoms with E-state index in [1.807, 2.05) is 0 Å². The summed E-state index contributed by atoms with van der Waals surface area (Å²) in [6, 6.07) is 0. The van der Waals surface area contributed by atoms with Crippen LogP contribution in [0.3, 0.4) is 0 Å². The number of rotatable bonds is 7. The highest BCUT2D eigenvalue weighted by Crippen LogP contribution is 2.26. The number of amides is 1. The summed E-state index contributed by atoms with van der Waals surface area (Å²) in [6.07, 6.45) is 5.03. The third kappa shape index (κ3) is 6.11. The standard InChI is InChI=1S/C17H29NO5/c1-2-23-16(20)13-17(7-11-22-12-8-17)18-15(19)4-3-14-5-9-21-10-6-14/h14H,2-13H2,1H3,(H,18,19). The average Bonchev–Trinajstić information content (AvgIpc) is 2.55. The SMILES string of the molecule is CCOC(=O)CC1(NC(=O)CCC2CCOCC2)CCOCC1. The molecule has 0 aromatic rings. The van der Waals surface area contributed by atoms with Gasteiger partial charge in [-0.3, -0.25) is 9.59 Å². The molecule has 2 rings (SSSR count). The van der Waals surface area contributed by atoms with Gasteiger partial charge in [-0.2, -0.15) is 0 Å². The Bertz CT molecular complexity index is 386. The van der Waals surface area contributed by atoms with Crippen LogP contribution in [-0.4, -0.2) is 50.4 Å². The summed E-state index contributed by atoms with van der Waals surface area (Å²) in [5, 5.41) is 3.11. The van der Waals surface area contributed by atoms with Crippen molar-refractivity contribution in [2.24, 2.45) is 5.92 Å². The summed E-state index contributed by atoms with van der Waals surface area (Å²) in [7, 11) is 0. The first-order chi connectivity index (χ1) is 11.1. The summed E-state index contributed by atoms with van der Waals surface area (Å²) in [6.45, 7) is 4.90. The molecule has 0 atom stereocenters. The normalized spacial score (nSPS) is 21.6. The Morgan fingerprint density at radius 3 is 2.43 bits per heavy atom. The lowest BCUT2D eigenvalue weighted by atomic mass is 9.86. The molecule has 0 aliphatic carbocycles. The predicted molar refractivity (Wildman–Crippen MR) is 85.0 cm³/mol. The van der Waals surface area contributed by atoms with Crippen molar-refractivity contribution in [2.45, 2.75) is 57.4 Å². The van der Waals surface area contributed by atoms with Crippen LogP contribution >= 0.6 is 0 Å². The van der Waals surface area contributed by atoms with E-state index in [4.69, 9.17) is 14.2 Å². The van der Waals surface area contributed by atoms with Crippen LogP contribution in [0.5, 0.6) is 0 Å². The molecule has 0 radical (unpaired) electrons. The van der Waals surface area contributed by atoms with Gasteiger partial charge in [0.15, 0.2) is 0 Å². The van der Waals surface area contributed by atoms with Crippen LogP contribution in [0.4, 0.5) is 0 Å². The molecular formula is C17H29NO5. The molecule has 2 aliphatic rings. The van der Waals surface area contributed by atoms with E-state index in [1.54, 1.807) is 6.92 Å². The van der Waals surface area contributed by atoms with E-state index in [9.17, 15) is 9.59 Å². The van der Waals surface area contributed by atoms with Crippen LogP contribution < -0.4 is 5.32 Å². The van der Waals surface area contributed by atoms with Gasteiger partial charge in [-0.15, -0.1) is 0 Å². The molecule has 0 aromatic carbocycles. The van der Waals surface area contributed by atoms with Gasteiger partial charge in [0.05, 0.1) is 18.6 Å². The minimum atomic E-state index is -0.503. The van der Waals surface area contributed by atoms with Crippen molar-refractivity contribution in [1.82, 2.24) is 5.32 Å². The van der Waals surface area contributed by atoms with Crippen LogP contribution in [0.1, 0.15) is 51.9 Å². The zero-order valence-electron chi connectivity index (χ0n) is 14.1. The van der Waals surface area contributed by atoms with Gasteiger partial charge >= 0.3 is 5.97 Å². The molecule has 0 aromatic heterocycles. The first-order valence-corrected chi connectivity index (χ1v) is 8.76. The van der Waals surface area contributed by atoms with Gasteiger partial charge in [-0.25, -0.2) is 0 Å². The molecule has 6 heteroatoms. The molecule has 132 valence electrons. The highest BCUT2D eigenvalue weighted by atomic mass is 16.5. The Labute approximate surface area is 138 Å². The highest BCUT2D eigenvalue weighted by Gasteiger charge is 2.36. The van der Waals surface area contributed by atoms with Crippen molar-refractivity contribution < 1.29 is 23.8 Å². The van der Waals surface area contributed by atoms with Crippen LogP contribution in [-0.2, 0) is 23.8 Å². The second-order valence-electron chi connectivity index (χ2n) is 6.52. The molecule has 1 N–H and O–H groups in total. The lowest BCUT2D eigenvalue weighted by Crippen LogP contribution is -2.53. The topological polar surface area (TPSA) is 73.9 Å². The lowest BCUT2D eigenvalue weighted by molar-refractivity contribution is -0.146. The summed E-state index contributed by atoms with van der Waals surface area (Å²) in [4.78, 5) is 24.2. The Morgan fingerprint density at radius 2 is 1.78 bits per heavy atom. The van der Waals surface area contributed by atoms with E-state index in [0.717, 1.165) is 32.5 Å². The Kier molecular flexibility index (Phi) is 7.30. The molecule has 0 bridgehead atoms. The van der Waals surface area contributed by atoms with E-state index < -0.39 is 5.54 Å². The smallest absolute Gasteiger partial charge is 0.308 e. The number of esters is 1. The molecule has 2 aliphatic heterocycles. The molecule has 2 heterocycles. The molecule has 23 heavy (non-hydrogen) atoms. The van der Waals surface area contributed by atoms with Crippen molar-refractivity contribution in [2.75, 3.05) is 33.0 Å². The maximum atomic E-state index is 12.4. The van der Waals surface area contributed by atoms with Gasteiger partial charge in [-0.1, -0.05) is 0 Å². The molecule has 2 saturated heterocycles. The van der Waals surface area contributed by atoms with E-state index in [0.29, 0.717) is 45.0 Å². The Balaban J connectivity index is 1.83. The van der Waals surface area contributed by atoms with Crippen molar-refractivity contribution in [3.05, 3.63) is 0 Å². The van der Waals surface area contributed by atoms with Crippen LogP contribution in [0.2, 0.25) is 0 Å². The van der Waals surface area contributed by atoms with Gasteiger partial charge in [0.1, 0.15) is 0 Å². The molecule has 0 unspecified atom stereocenters. The second-order valence-corrected chi connectivity index (χ2v) is 6.52. The summed E-state index contributed by atoms with van der Waals surface area (Å²) in [5.41, 5.74) is -0.503.